The van der Waals surface area contributed by atoms with Crippen molar-refractivity contribution in [3.8, 4) is 0 Å². The van der Waals surface area contributed by atoms with Gasteiger partial charge in [0.05, 0.1) is 11.5 Å². The van der Waals surface area contributed by atoms with Crippen molar-refractivity contribution in [2.24, 2.45) is 17.6 Å². The highest BCUT2D eigenvalue weighted by atomic mass is 16.3. The van der Waals surface area contributed by atoms with Crippen LogP contribution in [0.3, 0.4) is 0 Å². The lowest BCUT2D eigenvalue weighted by Gasteiger charge is -2.25. The Morgan fingerprint density at radius 1 is 1.47 bits per heavy atom. The van der Waals surface area contributed by atoms with E-state index in [1.807, 2.05) is 6.92 Å². The van der Waals surface area contributed by atoms with E-state index in [9.17, 15) is 9.90 Å². The zero-order valence-electron chi connectivity index (χ0n) is 11.6. The van der Waals surface area contributed by atoms with Gasteiger partial charge in [0.1, 0.15) is 0 Å². The summed E-state index contributed by atoms with van der Waals surface area (Å²) in [6.45, 7) is 8.56. The van der Waals surface area contributed by atoms with E-state index in [4.69, 9.17) is 5.73 Å². The third-order valence-electron chi connectivity index (χ3n) is 2.84. The Labute approximate surface area is 105 Å². The summed E-state index contributed by atoms with van der Waals surface area (Å²) in [5, 5.41) is 12.7. The van der Waals surface area contributed by atoms with Crippen molar-refractivity contribution in [1.82, 2.24) is 5.32 Å². The lowest BCUT2D eigenvalue weighted by atomic mass is 9.95. The summed E-state index contributed by atoms with van der Waals surface area (Å²) in [5.74, 6) is 0.260. The van der Waals surface area contributed by atoms with Gasteiger partial charge in [0.15, 0.2) is 0 Å². The Morgan fingerprint density at radius 2 is 2.06 bits per heavy atom. The number of rotatable bonds is 8. The maximum atomic E-state index is 11.9. The maximum Gasteiger partial charge on any atom is 0.224 e. The molecule has 0 aromatic rings. The van der Waals surface area contributed by atoms with Crippen LogP contribution in [0.25, 0.3) is 0 Å². The van der Waals surface area contributed by atoms with Gasteiger partial charge in [0.25, 0.3) is 0 Å². The molecule has 0 saturated carbocycles. The number of nitrogens with one attached hydrogen (secondary N) is 1. The van der Waals surface area contributed by atoms with Gasteiger partial charge in [-0.05, 0) is 25.7 Å². The van der Waals surface area contributed by atoms with Crippen LogP contribution in [-0.2, 0) is 4.79 Å². The number of nitrogens with two attached hydrogens (primary N) is 1. The van der Waals surface area contributed by atoms with E-state index in [0.717, 1.165) is 12.8 Å². The van der Waals surface area contributed by atoms with Gasteiger partial charge in [-0.15, -0.1) is 0 Å². The van der Waals surface area contributed by atoms with Crippen LogP contribution in [0.1, 0.15) is 47.0 Å². The van der Waals surface area contributed by atoms with E-state index < -0.39 is 5.60 Å². The molecule has 4 heteroatoms. The quantitative estimate of drug-likeness (QED) is 0.602. The smallest absolute Gasteiger partial charge is 0.224 e. The van der Waals surface area contributed by atoms with E-state index in [1.54, 1.807) is 6.92 Å². The Hall–Kier alpha value is -0.610. The fourth-order valence-electron chi connectivity index (χ4n) is 1.93. The van der Waals surface area contributed by atoms with Crippen LogP contribution in [0, 0.1) is 11.8 Å². The molecule has 0 radical (unpaired) electrons. The normalized spacial score (nSPS) is 16.6. The highest BCUT2D eigenvalue weighted by molar-refractivity contribution is 5.78. The van der Waals surface area contributed by atoms with Crippen LogP contribution in [-0.4, -0.2) is 29.7 Å². The molecule has 0 rings (SSSR count). The summed E-state index contributed by atoms with van der Waals surface area (Å²) in [7, 11) is 0. The molecule has 0 aliphatic rings. The minimum atomic E-state index is -0.818. The van der Waals surface area contributed by atoms with Crippen LogP contribution < -0.4 is 11.1 Å². The van der Waals surface area contributed by atoms with Crippen LogP contribution in [0.15, 0.2) is 0 Å². The average Bonchev–Trinajstić information content (AvgIpc) is 2.22. The Bertz CT molecular complexity index is 227. The number of carbonyl (C=O) groups excluding carboxylic acids is 1. The van der Waals surface area contributed by atoms with Crippen molar-refractivity contribution in [1.29, 1.82) is 0 Å². The summed E-state index contributed by atoms with van der Waals surface area (Å²) in [5.41, 5.74) is 4.78. The molecule has 0 saturated heterocycles. The van der Waals surface area contributed by atoms with E-state index in [2.05, 4.69) is 19.2 Å². The van der Waals surface area contributed by atoms with Gasteiger partial charge in [0.2, 0.25) is 5.91 Å². The summed E-state index contributed by atoms with van der Waals surface area (Å²) >= 11 is 0. The molecule has 0 aliphatic carbocycles. The molecule has 0 aliphatic heterocycles. The molecule has 0 fully saturated rings. The molecule has 17 heavy (non-hydrogen) atoms. The summed E-state index contributed by atoms with van der Waals surface area (Å²) in [6, 6.07) is 0. The standard InChI is InChI=1S/C13H28N2O2/c1-5-6-13(4,17)9-15-12(16)11(8-14)7-10(2)3/h10-11,17H,5-9,14H2,1-4H3,(H,15,16). The van der Waals surface area contributed by atoms with Gasteiger partial charge >= 0.3 is 0 Å². The molecule has 0 heterocycles. The van der Waals surface area contributed by atoms with Gasteiger partial charge in [-0.25, -0.2) is 0 Å². The van der Waals surface area contributed by atoms with Crippen molar-refractivity contribution in [3.63, 3.8) is 0 Å². The van der Waals surface area contributed by atoms with E-state index >= 15 is 0 Å². The molecule has 2 unspecified atom stereocenters. The molecular formula is C13H28N2O2. The second-order valence-electron chi connectivity index (χ2n) is 5.53. The Morgan fingerprint density at radius 3 is 2.47 bits per heavy atom. The Kier molecular flexibility index (Phi) is 7.39. The first-order chi connectivity index (χ1) is 7.82. The number of hydrogen-bond donors (Lipinski definition) is 3. The first-order valence-corrected chi connectivity index (χ1v) is 6.52. The molecule has 0 aromatic heterocycles. The van der Waals surface area contributed by atoms with Crippen LogP contribution in [0.2, 0.25) is 0 Å². The molecule has 102 valence electrons. The third kappa shape index (κ3) is 7.34. The van der Waals surface area contributed by atoms with Crippen LogP contribution >= 0.6 is 0 Å². The average molecular weight is 244 g/mol. The molecule has 0 bridgehead atoms. The Balaban J connectivity index is 4.14. The highest BCUT2D eigenvalue weighted by Gasteiger charge is 2.23. The fourth-order valence-corrected chi connectivity index (χ4v) is 1.93. The van der Waals surface area contributed by atoms with Gasteiger partial charge in [-0.1, -0.05) is 27.2 Å². The van der Waals surface area contributed by atoms with Crippen molar-refractivity contribution in [2.75, 3.05) is 13.1 Å². The van der Waals surface area contributed by atoms with Crippen molar-refractivity contribution >= 4 is 5.91 Å². The number of aliphatic hydroxyl groups is 1. The van der Waals surface area contributed by atoms with E-state index in [-0.39, 0.29) is 11.8 Å². The lowest BCUT2D eigenvalue weighted by molar-refractivity contribution is -0.126. The van der Waals surface area contributed by atoms with Gasteiger partial charge in [-0.3, -0.25) is 4.79 Å². The molecule has 4 nitrogen and oxygen atoms in total. The minimum absolute atomic E-state index is 0.0439. The van der Waals surface area contributed by atoms with Crippen molar-refractivity contribution in [3.05, 3.63) is 0 Å². The van der Waals surface area contributed by atoms with Crippen molar-refractivity contribution in [2.45, 2.75) is 52.6 Å². The molecule has 0 aromatic carbocycles. The number of carbonyl (C=O) groups is 1. The van der Waals surface area contributed by atoms with Crippen LogP contribution in [0.4, 0.5) is 0 Å². The predicted molar refractivity (Wildman–Crippen MR) is 70.5 cm³/mol. The third-order valence-corrected chi connectivity index (χ3v) is 2.84. The molecular weight excluding hydrogens is 216 g/mol. The maximum absolute atomic E-state index is 11.9. The fraction of sp³-hybridized carbons (Fsp3) is 0.923. The first-order valence-electron chi connectivity index (χ1n) is 6.52. The first kappa shape index (κ1) is 16.4. The summed E-state index contributed by atoms with van der Waals surface area (Å²) in [6.07, 6.45) is 2.37. The monoisotopic (exact) mass is 244 g/mol. The second-order valence-corrected chi connectivity index (χ2v) is 5.53. The topological polar surface area (TPSA) is 75.3 Å². The predicted octanol–water partition coefficient (Wildman–Crippen LogP) is 1.27. The number of amides is 1. The highest BCUT2D eigenvalue weighted by Crippen LogP contribution is 2.13. The lowest BCUT2D eigenvalue weighted by Crippen LogP contribution is -2.44. The SMILES string of the molecule is CCCC(C)(O)CNC(=O)C(CN)CC(C)C. The largest absolute Gasteiger partial charge is 0.388 e. The zero-order chi connectivity index (χ0) is 13.5. The molecule has 4 N–H and O–H groups in total. The summed E-state index contributed by atoms with van der Waals surface area (Å²) in [4.78, 5) is 11.9. The second kappa shape index (κ2) is 7.67. The zero-order valence-corrected chi connectivity index (χ0v) is 11.6. The summed E-state index contributed by atoms with van der Waals surface area (Å²) < 4.78 is 0. The number of hydrogen-bond acceptors (Lipinski definition) is 3. The van der Waals surface area contributed by atoms with E-state index in [0.29, 0.717) is 25.4 Å². The van der Waals surface area contributed by atoms with Gasteiger partial charge in [-0.2, -0.15) is 0 Å². The van der Waals surface area contributed by atoms with Crippen molar-refractivity contribution < 1.29 is 9.90 Å². The minimum Gasteiger partial charge on any atom is -0.388 e. The van der Waals surface area contributed by atoms with Crippen LogP contribution in [0.5, 0.6) is 0 Å². The molecule has 1 amide bonds. The molecule has 0 spiro atoms. The van der Waals surface area contributed by atoms with E-state index in [1.165, 1.54) is 0 Å². The van der Waals surface area contributed by atoms with Gasteiger partial charge in [0, 0.05) is 13.1 Å². The molecule has 2 atom stereocenters. The van der Waals surface area contributed by atoms with Gasteiger partial charge < -0.3 is 16.2 Å².